The molecule has 2 amide bonds. The molecule has 0 fully saturated rings. The van der Waals surface area contributed by atoms with Crippen molar-refractivity contribution in [1.29, 1.82) is 0 Å². The van der Waals surface area contributed by atoms with Gasteiger partial charge in [-0.15, -0.1) is 22.9 Å². The van der Waals surface area contributed by atoms with Gasteiger partial charge in [0, 0.05) is 25.1 Å². The molecule has 2 aromatic rings. The Balaban J connectivity index is 1.85. The van der Waals surface area contributed by atoms with Crippen molar-refractivity contribution in [2.75, 3.05) is 39.2 Å². The summed E-state index contributed by atoms with van der Waals surface area (Å²) in [6.45, 7) is 1.37. The monoisotopic (exact) mass is 406 g/mol. The molecule has 0 aliphatic carbocycles. The number of hydrogen-bond acceptors (Lipinski definition) is 4. The molecule has 1 aliphatic rings. The van der Waals surface area contributed by atoms with E-state index in [1.54, 1.807) is 18.4 Å². The van der Waals surface area contributed by atoms with Crippen molar-refractivity contribution >= 4 is 34.8 Å². The Hall–Kier alpha value is -1.89. The van der Waals surface area contributed by atoms with Crippen LogP contribution in [0.3, 0.4) is 0 Å². The van der Waals surface area contributed by atoms with Gasteiger partial charge in [0.05, 0.1) is 19.2 Å². The third-order valence-corrected chi connectivity index (χ3v) is 5.99. The number of carbonyl (C=O) groups excluding carboxylic acids is 2. The first-order valence-corrected chi connectivity index (χ1v) is 10.3. The molecule has 27 heavy (non-hydrogen) atoms. The van der Waals surface area contributed by atoms with Crippen molar-refractivity contribution in [1.82, 2.24) is 9.80 Å². The number of amides is 2. The average Bonchev–Trinajstić information content (AvgIpc) is 3.19. The van der Waals surface area contributed by atoms with Gasteiger partial charge in [0.15, 0.2) is 0 Å². The third kappa shape index (κ3) is 4.51. The average molecular weight is 407 g/mol. The molecule has 1 aliphatic heterocycles. The molecule has 2 heterocycles. The second-order valence-corrected chi connectivity index (χ2v) is 7.66. The minimum atomic E-state index is -0.258. The number of halogens is 1. The summed E-state index contributed by atoms with van der Waals surface area (Å²) in [4.78, 5) is 30.0. The zero-order valence-corrected chi connectivity index (χ0v) is 16.8. The van der Waals surface area contributed by atoms with E-state index >= 15 is 0 Å². The van der Waals surface area contributed by atoms with Crippen LogP contribution in [0.5, 0.6) is 0 Å². The number of ether oxygens (including phenoxy) is 1. The van der Waals surface area contributed by atoms with Crippen LogP contribution in [-0.4, -0.2) is 60.8 Å². The van der Waals surface area contributed by atoms with Crippen LogP contribution in [0.4, 0.5) is 0 Å². The van der Waals surface area contributed by atoms with Crippen LogP contribution in [0.2, 0.25) is 0 Å². The lowest BCUT2D eigenvalue weighted by Crippen LogP contribution is -2.47. The molecule has 1 aromatic heterocycles. The van der Waals surface area contributed by atoms with Crippen molar-refractivity contribution in [2.45, 2.75) is 12.5 Å². The molecule has 5 nitrogen and oxygen atoms in total. The van der Waals surface area contributed by atoms with E-state index in [1.165, 1.54) is 15.3 Å². The number of hydrogen-bond donors (Lipinski definition) is 0. The number of nitrogens with zero attached hydrogens (tertiary/aromatic N) is 2. The largest absolute Gasteiger partial charge is 0.383 e. The molecule has 7 heteroatoms. The number of rotatable bonds is 7. The molecule has 0 spiro atoms. The topological polar surface area (TPSA) is 49.9 Å². The zero-order valence-electron chi connectivity index (χ0n) is 15.3. The maximum Gasteiger partial charge on any atom is 0.242 e. The maximum atomic E-state index is 13.2. The van der Waals surface area contributed by atoms with Crippen LogP contribution in [0.25, 0.3) is 0 Å². The van der Waals surface area contributed by atoms with E-state index < -0.39 is 0 Å². The lowest BCUT2D eigenvalue weighted by molar-refractivity contribution is -0.141. The Morgan fingerprint density at radius 1 is 1.30 bits per heavy atom. The Bertz CT molecular complexity index is 781. The van der Waals surface area contributed by atoms with Crippen LogP contribution in [0, 0.1) is 0 Å². The van der Waals surface area contributed by atoms with Gasteiger partial charge in [-0.3, -0.25) is 9.59 Å². The van der Waals surface area contributed by atoms with Crippen LogP contribution >= 0.6 is 22.9 Å². The first-order chi connectivity index (χ1) is 13.2. The van der Waals surface area contributed by atoms with E-state index in [2.05, 4.69) is 11.4 Å². The van der Waals surface area contributed by atoms with Crippen LogP contribution < -0.4 is 0 Å². The fraction of sp³-hybridized carbons (Fsp3) is 0.400. The fourth-order valence-electron chi connectivity index (χ4n) is 3.41. The van der Waals surface area contributed by atoms with E-state index in [9.17, 15) is 9.59 Å². The third-order valence-electron chi connectivity index (χ3n) is 4.76. The van der Waals surface area contributed by atoms with E-state index in [-0.39, 0.29) is 30.3 Å². The zero-order chi connectivity index (χ0) is 19.2. The Kier molecular flexibility index (Phi) is 6.88. The maximum absolute atomic E-state index is 13.2. The van der Waals surface area contributed by atoms with Crippen molar-refractivity contribution < 1.29 is 14.3 Å². The smallest absolute Gasteiger partial charge is 0.242 e. The van der Waals surface area contributed by atoms with Gasteiger partial charge in [-0.1, -0.05) is 30.3 Å². The molecule has 0 saturated carbocycles. The van der Waals surface area contributed by atoms with Gasteiger partial charge in [-0.25, -0.2) is 0 Å². The minimum absolute atomic E-state index is 0.0116. The molecular weight excluding hydrogens is 384 g/mol. The van der Waals surface area contributed by atoms with Gasteiger partial charge in [0.2, 0.25) is 11.8 Å². The fourth-order valence-corrected chi connectivity index (χ4v) is 4.48. The number of fused-ring (bicyclic) bond motifs is 1. The van der Waals surface area contributed by atoms with E-state index in [4.69, 9.17) is 16.3 Å². The molecule has 3 rings (SSSR count). The molecule has 0 radical (unpaired) electrons. The Labute approximate surface area is 168 Å². The lowest BCUT2D eigenvalue weighted by atomic mass is 9.93. The van der Waals surface area contributed by atoms with Gasteiger partial charge >= 0.3 is 0 Å². The highest BCUT2D eigenvalue weighted by Crippen LogP contribution is 2.37. The number of alkyl halides is 1. The quantitative estimate of drug-likeness (QED) is 0.664. The molecule has 1 atom stereocenters. The Morgan fingerprint density at radius 2 is 2.07 bits per heavy atom. The van der Waals surface area contributed by atoms with Gasteiger partial charge in [0.1, 0.15) is 5.88 Å². The molecule has 0 N–H and O–H groups in total. The number of thiophene rings is 1. The predicted octanol–water partition coefficient (Wildman–Crippen LogP) is 2.94. The van der Waals surface area contributed by atoms with Crippen LogP contribution in [-0.2, 0) is 20.7 Å². The summed E-state index contributed by atoms with van der Waals surface area (Å²) in [6.07, 6.45) is 0.837. The van der Waals surface area contributed by atoms with Crippen molar-refractivity contribution in [3.63, 3.8) is 0 Å². The van der Waals surface area contributed by atoms with E-state index in [1.807, 2.05) is 35.2 Å². The standard InChI is InChI=1S/C20H23ClN2O3S/c1-26-11-10-22(18(24)13-21)14-19(25)23-9-7-17-16(8-12-27-17)20(23)15-5-3-2-4-6-15/h2-6,8,12,20H,7,9-11,13-14H2,1H3/t20-/m0/s1. The van der Waals surface area contributed by atoms with Crippen molar-refractivity contribution in [2.24, 2.45) is 0 Å². The number of benzene rings is 1. The first-order valence-electron chi connectivity index (χ1n) is 8.89. The molecule has 0 unspecified atom stereocenters. The summed E-state index contributed by atoms with van der Waals surface area (Å²) in [7, 11) is 1.57. The Morgan fingerprint density at radius 3 is 2.78 bits per heavy atom. The highest BCUT2D eigenvalue weighted by atomic mass is 35.5. The van der Waals surface area contributed by atoms with E-state index in [0.717, 1.165) is 12.0 Å². The first kappa shape index (κ1) is 19.9. The number of carbonyl (C=O) groups is 2. The van der Waals surface area contributed by atoms with Gasteiger partial charge in [0.25, 0.3) is 0 Å². The predicted molar refractivity (Wildman–Crippen MR) is 107 cm³/mol. The summed E-state index contributed by atoms with van der Waals surface area (Å²) in [5.74, 6) is -0.477. The summed E-state index contributed by atoms with van der Waals surface area (Å²) in [5, 5.41) is 2.08. The SMILES string of the molecule is COCCN(CC(=O)N1CCc2sccc2[C@@H]1c1ccccc1)C(=O)CCl. The molecule has 0 saturated heterocycles. The van der Waals surface area contributed by atoms with Gasteiger partial charge in [-0.05, 0) is 29.0 Å². The van der Waals surface area contributed by atoms with Gasteiger partial charge < -0.3 is 14.5 Å². The molecular formula is C20H23ClN2O3S. The molecule has 1 aromatic carbocycles. The van der Waals surface area contributed by atoms with Crippen LogP contribution in [0.15, 0.2) is 41.8 Å². The molecule has 144 valence electrons. The highest BCUT2D eigenvalue weighted by molar-refractivity contribution is 7.10. The second-order valence-electron chi connectivity index (χ2n) is 6.39. The highest BCUT2D eigenvalue weighted by Gasteiger charge is 2.33. The molecule has 0 bridgehead atoms. The second kappa shape index (κ2) is 9.35. The summed E-state index contributed by atoms with van der Waals surface area (Å²) < 4.78 is 5.06. The van der Waals surface area contributed by atoms with Gasteiger partial charge in [-0.2, -0.15) is 0 Å². The summed E-state index contributed by atoms with van der Waals surface area (Å²) in [6, 6.07) is 12.0. The summed E-state index contributed by atoms with van der Waals surface area (Å²) in [5.41, 5.74) is 2.26. The van der Waals surface area contributed by atoms with Crippen molar-refractivity contribution in [3.05, 3.63) is 57.8 Å². The lowest BCUT2D eigenvalue weighted by Gasteiger charge is -2.37. The minimum Gasteiger partial charge on any atom is -0.383 e. The summed E-state index contributed by atoms with van der Waals surface area (Å²) >= 11 is 7.45. The number of methoxy groups -OCH3 is 1. The van der Waals surface area contributed by atoms with E-state index in [0.29, 0.717) is 19.7 Å². The van der Waals surface area contributed by atoms with Crippen molar-refractivity contribution in [3.8, 4) is 0 Å². The normalized spacial score (nSPS) is 16.1. The van der Waals surface area contributed by atoms with Crippen LogP contribution in [0.1, 0.15) is 22.0 Å².